The van der Waals surface area contributed by atoms with E-state index in [1.165, 1.54) is 12.1 Å². The van der Waals surface area contributed by atoms with E-state index in [1.54, 1.807) is 25.6 Å². The summed E-state index contributed by atoms with van der Waals surface area (Å²) in [6.07, 6.45) is 1.17. The Morgan fingerprint density at radius 3 is 2.66 bits per heavy atom. The molecule has 180 valence electrons. The van der Waals surface area contributed by atoms with Gasteiger partial charge in [-0.2, -0.15) is 0 Å². The van der Waals surface area contributed by atoms with Crippen LogP contribution in [0.15, 0.2) is 60.9 Å². The largest absolute Gasteiger partial charge is 0.586 e. The Kier molecular flexibility index (Phi) is 4.84. The molecule has 2 atom stereocenters. The van der Waals surface area contributed by atoms with Crippen molar-refractivity contribution in [2.75, 3.05) is 7.11 Å². The number of hydrogen-bond donors (Lipinski definition) is 1. The Hall–Kier alpha value is -3.88. The summed E-state index contributed by atoms with van der Waals surface area (Å²) >= 11 is 0. The second-order valence-electron chi connectivity index (χ2n) is 8.97. The quantitative estimate of drug-likeness (QED) is 0.564. The number of pyridine rings is 1. The lowest BCUT2D eigenvalue weighted by molar-refractivity contribution is -0.286. The fourth-order valence-electron chi connectivity index (χ4n) is 4.80. The van der Waals surface area contributed by atoms with E-state index >= 15 is 0 Å². The van der Waals surface area contributed by atoms with Gasteiger partial charge in [-0.15, -0.1) is 8.78 Å². The van der Waals surface area contributed by atoms with Crippen molar-refractivity contribution in [3.8, 4) is 23.0 Å². The number of aromatic nitrogens is 1. The zero-order valence-corrected chi connectivity index (χ0v) is 18.8. The SMILES string of the molecule is COc1ccc2c(c1)O[C@@H](c1cccnc1)C[C@@H]2NC(=O)C1(c2ccc3c(c2)OC(F)(F)O3)CC1. The normalized spacial score (nSPS) is 22.5. The number of nitrogens with zero attached hydrogens (tertiary/aromatic N) is 1. The minimum Gasteiger partial charge on any atom is -0.497 e. The number of rotatable bonds is 5. The predicted molar refractivity (Wildman–Crippen MR) is 120 cm³/mol. The molecule has 1 aliphatic carbocycles. The molecular formula is C26H22F2N2O5. The van der Waals surface area contributed by atoms with Gasteiger partial charge in [0.25, 0.3) is 0 Å². The van der Waals surface area contributed by atoms with Crippen molar-refractivity contribution >= 4 is 5.91 Å². The first kappa shape index (κ1) is 21.6. The van der Waals surface area contributed by atoms with Crippen LogP contribution < -0.4 is 24.3 Å². The Bertz CT molecular complexity index is 1300. The minimum atomic E-state index is -3.70. The molecule has 9 heteroatoms. The fraction of sp³-hybridized carbons (Fsp3) is 0.308. The van der Waals surface area contributed by atoms with Crippen LogP contribution in [0.3, 0.4) is 0 Å². The fourth-order valence-corrected chi connectivity index (χ4v) is 4.80. The lowest BCUT2D eigenvalue weighted by Crippen LogP contribution is -2.39. The second kappa shape index (κ2) is 7.83. The number of carbonyl (C=O) groups excluding carboxylic acids is 1. The molecule has 0 unspecified atom stereocenters. The third kappa shape index (κ3) is 3.80. The van der Waals surface area contributed by atoms with E-state index in [2.05, 4.69) is 19.8 Å². The van der Waals surface area contributed by atoms with E-state index in [-0.39, 0.29) is 29.6 Å². The molecule has 1 fully saturated rings. The molecular weight excluding hydrogens is 458 g/mol. The van der Waals surface area contributed by atoms with E-state index in [9.17, 15) is 13.6 Å². The van der Waals surface area contributed by atoms with E-state index in [0.29, 0.717) is 36.3 Å². The van der Waals surface area contributed by atoms with Crippen molar-refractivity contribution in [2.24, 2.45) is 0 Å². The van der Waals surface area contributed by atoms with E-state index in [0.717, 1.165) is 11.1 Å². The predicted octanol–water partition coefficient (Wildman–Crippen LogP) is 4.82. The topological polar surface area (TPSA) is 78.9 Å². The van der Waals surface area contributed by atoms with E-state index in [1.807, 2.05) is 30.3 Å². The summed E-state index contributed by atoms with van der Waals surface area (Å²) in [5.41, 5.74) is 1.57. The van der Waals surface area contributed by atoms with Gasteiger partial charge in [0.15, 0.2) is 11.5 Å². The summed E-state index contributed by atoms with van der Waals surface area (Å²) in [6, 6.07) is 13.5. The van der Waals surface area contributed by atoms with E-state index < -0.39 is 11.7 Å². The van der Waals surface area contributed by atoms with Gasteiger partial charge in [0, 0.05) is 36.0 Å². The number of fused-ring (bicyclic) bond motifs is 2. The number of ether oxygens (including phenoxy) is 4. The molecule has 7 nitrogen and oxygen atoms in total. The standard InChI is InChI=1S/C26H22F2N2O5/c1-32-17-5-6-18-19(13-21(33-22(18)12-17)15-3-2-10-29-14-15)30-24(31)25(8-9-25)16-4-7-20-23(11-16)35-26(27,28)34-20/h2-7,10-12,14,19,21H,8-9,13H2,1H3,(H,30,31)/t19-,21+/m0/s1. The molecule has 1 aromatic heterocycles. The highest BCUT2D eigenvalue weighted by molar-refractivity contribution is 5.92. The highest BCUT2D eigenvalue weighted by atomic mass is 19.3. The highest BCUT2D eigenvalue weighted by Gasteiger charge is 2.53. The Labute approximate surface area is 200 Å². The van der Waals surface area contributed by atoms with Crippen LogP contribution >= 0.6 is 0 Å². The number of hydrogen-bond acceptors (Lipinski definition) is 6. The van der Waals surface area contributed by atoms with E-state index in [4.69, 9.17) is 9.47 Å². The molecule has 2 aromatic carbocycles. The molecule has 0 saturated heterocycles. The Morgan fingerprint density at radius 1 is 1.09 bits per heavy atom. The second-order valence-corrected chi connectivity index (χ2v) is 8.97. The van der Waals surface area contributed by atoms with Gasteiger partial charge in [-0.25, -0.2) is 0 Å². The van der Waals surface area contributed by atoms with Crippen molar-refractivity contribution < 1.29 is 32.5 Å². The van der Waals surface area contributed by atoms with Crippen molar-refractivity contribution in [3.63, 3.8) is 0 Å². The third-order valence-corrected chi connectivity index (χ3v) is 6.82. The van der Waals surface area contributed by atoms with Crippen molar-refractivity contribution in [3.05, 3.63) is 77.6 Å². The molecule has 35 heavy (non-hydrogen) atoms. The van der Waals surface area contributed by atoms with Crippen LogP contribution in [-0.2, 0) is 10.2 Å². The number of nitrogens with one attached hydrogen (secondary N) is 1. The van der Waals surface area contributed by atoms with Crippen molar-refractivity contribution in [2.45, 2.75) is 43.1 Å². The third-order valence-electron chi connectivity index (χ3n) is 6.82. The van der Waals surface area contributed by atoms with Gasteiger partial charge in [-0.05, 0) is 48.7 Å². The molecule has 1 N–H and O–H groups in total. The molecule has 0 spiro atoms. The van der Waals surface area contributed by atoms with Crippen LogP contribution in [0, 0.1) is 0 Å². The molecule has 1 saturated carbocycles. The molecule has 0 radical (unpaired) electrons. The number of carbonyl (C=O) groups is 1. The number of benzene rings is 2. The number of methoxy groups -OCH3 is 1. The first-order valence-corrected chi connectivity index (χ1v) is 11.3. The Morgan fingerprint density at radius 2 is 1.91 bits per heavy atom. The van der Waals surface area contributed by atoms with Gasteiger partial charge >= 0.3 is 6.29 Å². The summed E-state index contributed by atoms with van der Waals surface area (Å²) in [5, 5.41) is 3.20. The molecule has 2 aliphatic heterocycles. The van der Waals surface area contributed by atoms with Gasteiger partial charge < -0.3 is 24.3 Å². The molecule has 3 aromatic rings. The average molecular weight is 480 g/mol. The minimum absolute atomic E-state index is 0.0402. The van der Waals surface area contributed by atoms with Gasteiger partial charge in [-0.3, -0.25) is 9.78 Å². The molecule has 1 amide bonds. The van der Waals surface area contributed by atoms with Gasteiger partial charge in [0.05, 0.1) is 18.6 Å². The molecule has 3 heterocycles. The number of halogens is 2. The van der Waals surface area contributed by atoms with Gasteiger partial charge in [0.2, 0.25) is 5.91 Å². The van der Waals surface area contributed by atoms with Crippen LogP contribution in [0.5, 0.6) is 23.0 Å². The highest BCUT2D eigenvalue weighted by Crippen LogP contribution is 2.52. The zero-order valence-electron chi connectivity index (χ0n) is 18.8. The van der Waals surface area contributed by atoms with Crippen LogP contribution in [0.4, 0.5) is 8.78 Å². The first-order chi connectivity index (χ1) is 16.9. The molecule has 3 aliphatic rings. The maximum atomic E-state index is 13.6. The summed E-state index contributed by atoms with van der Waals surface area (Å²) in [7, 11) is 1.58. The van der Waals surface area contributed by atoms with Crippen LogP contribution in [0.2, 0.25) is 0 Å². The van der Waals surface area contributed by atoms with Crippen molar-refractivity contribution in [1.82, 2.24) is 10.3 Å². The number of alkyl halides is 2. The van der Waals surface area contributed by atoms with Gasteiger partial charge in [0.1, 0.15) is 17.6 Å². The van der Waals surface area contributed by atoms with Crippen molar-refractivity contribution in [1.29, 1.82) is 0 Å². The zero-order chi connectivity index (χ0) is 24.2. The molecule has 6 rings (SSSR count). The van der Waals surface area contributed by atoms with Crippen LogP contribution in [0.25, 0.3) is 0 Å². The lowest BCUT2D eigenvalue weighted by Gasteiger charge is -2.34. The summed E-state index contributed by atoms with van der Waals surface area (Å²) < 4.78 is 47.6. The Balaban J connectivity index is 1.29. The summed E-state index contributed by atoms with van der Waals surface area (Å²) in [5.74, 6) is 1.01. The number of amides is 1. The maximum absolute atomic E-state index is 13.6. The monoisotopic (exact) mass is 480 g/mol. The van der Waals surface area contributed by atoms with Crippen LogP contribution in [-0.4, -0.2) is 24.3 Å². The molecule has 0 bridgehead atoms. The summed E-state index contributed by atoms with van der Waals surface area (Å²) in [6.45, 7) is 0. The lowest BCUT2D eigenvalue weighted by atomic mass is 9.90. The van der Waals surface area contributed by atoms with Crippen LogP contribution in [0.1, 0.15) is 48.1 Å². The maximum Gasteiger partial charge on any atom is 0.586 e. The smallest absolute Gasteiger partial charge is 0.497 e. The van der Waals surface area contributed by atoms with Gasteiger partial charge in [-0.1, -0.05) is 12.1 Å². The average Bonchev–Trinajstić information content (AvgIpc) is 3.61. The summed E-state index contributed by atoms with van der Waals surface area (Å²) in [4.78, 5) is 17.8. The first-order valence-electron chi connectivity index (χ1n) is 11.3.